The van der Waals surface area contributed by atoms with Crippen LogP contribution in [0.2, 0.25) is 0 Å². The molecule has 0 spiro atoms. The molecule has 0 radical (unpaired) electrons. The average molecular weight is 705 g/mol. The molecular formula is C50H42P2. The van der Waals surface area contributed by atoms with E-state index in [4.69, 9.17) is 0 Å². The second kappa shape index (κ2) is 15.3. The molecule has 0 saturated carbocycles. The fourth-order valence-corrected chi connectivity index (χ4v) is 17.5. The van der Waals surface area contributed by atoms with Gasteiger partial charge in [-0.15, -0.1) is 0 Å². The zero-order valence-electron chi connectivity index (χ0n) is 29.1. The third kappa shape index (κ3) is 6.27. The molecule has 2 heteroatoms. The van der Waals surface area contributed by atoms with Crippen molar-refractivity contribution in [1.82, 2.24) is 0 Å². The molecule has 0 fully saturated rings. The summed E-state index contributed by atoms with van der Waals surface area (Å²) in [7, 11) is -5.08. The number of hydrogen-bond donors (Lipinski definition) is 0. The third-order valence-corrected chi connectivity index (χ3v) is 20.0. The Balaban J connectivity index is 1.16. The Kier molecular flexibility index (Phi) is 9.86. The van der Waals surface area contributed by atoms with Crippen LogP contribution in [0, 0.1) is 0 Å². The van der Waals surface area contributed by atoms with Gasteiger partial charge in [-0.2, -0.15) is 0 Å². The van der Waals surface area contributed by atoms with E-state index in [1.807, 2.05) is 0 Å². The first-order chi connectivity index (χ1) is 25.8. The summed E-state index contributed by atoms with van der Waals surface area (Å²) in [5.41, 5.74) is 2.37. The van der Waals surface area contributed by atoms with Crippen molar-refractivity contribution in [2.75, 3.05) is 0 Å². The van der Waals surface area contributed by atoms with Crippen LogP contribution in [-0.2, 0) is 0 Å². The standard InChI is InChI=1S/C50H42P2/c1-7-19-43(20-8-1)51(44-21-9-2-10-22-44,45-23-11-3-12-24-45)49-37-33-41(34-38-49)31-32-42-35-39-50(40-36-42)52(46-25-13-4-14-26-46,47-27-15-5-16-28-47)48-29-17-6-18-30-48/h1-40,51-52H/b32-31+. The summed E-state index contributed by atoms with van der Waals surface area (Å²) in [5, 5.41) is 11.1. The van der Waals surface area contributed by atoms with E-state index in [1.54, 1.807) is 0 Å². The van der Waals surface area contributed by atoms with Crippen molar-refractivity contribution in [3.63, 3.8) is 0 Å². The molecular weight excluding hydrogens is 662 g/mol. The first kappa shape index (κ1) is 33.5. The van der Waals surface area contributed by atoms with Crippen molar-refractivity contribution < 1.29 is 0 Å². The minimum atomic E-state index is -2.54. The van der Waals surface area contributed by atoms with Crippen LogP contribution in [0.25, 0.3) is 12.2 Å². The van der Waals surface area contributed by atoms with Gasteiger partial charge in [0, 0.05) is 0 Å². The van der Waals surface area contributed by atoms with E-state index < -0.39 is 14.5 Å². The van der Waals surface area contributed by atoms with E-state index in [0.717, 1.165) is 0 Å². The van der Waals surface area contributed by atoms with Crippen LogP contribution in [-0.4, -0.2) is 0 Å². The molecule has 0 aliphatic rings. The topological polar surface area (TPSA) is 0 Å². The van der Waals surface area contributed by atoms with Gasteiger partial charge < -0.3 is 0 Å². The van der Waals surface area contributed by atoms with E-state index in [-0.39, 0.29) is 0 Å². The van der Waals surface area contributed by atoms with Gasteiger partial charge in [0.05, 0.1) is 0 Å². The first-order valence-electron chi connectivity index (χ1n) is 18.0. The Morgan fingerprint density at radius 3 is 0.558 bits per heavy atom. The van der Waals surface area contributed by atoms with Crippen LogP contribution in [0.1, 0.15) is 11.1 Å². The molecule has 0 unspecified atom stereocenters. The summed E-state index contributed by atoms with van der Waals surface area (Å²) >= 11 is 0. The molecule has 0 heterocycles. The molecule has 0 bridgehead atoms. The third-order valence-electron chi connectivity index (χ3n) is 10.4. The van der Waals surface area contributed by atoms with Gasteiger partial charge in [-0.05, 0) is 0 Å². The Morgan fingerprint density at radius 1 is 0.192 bits per heavy atom. The fourth-order valence-electron chi connectivity index (χ4n) is 8.01. The Labute approximate surface area is 309 Å². The van der Waals surface area contributed by atoms with Crippen LogP contribution in [0.3, 0.4) is 0 Å². The van der Waals surface area contributed by atoms with Crippen LogP contribution in [0.4, 0.5) is 0 Å². The first-order valence-corrected chi connectivity index (χ1v) is 22.0. The predicted octanol–water partition coefficient (Wildman–Crippen LogP) is 8.56. The number of benzene rings is 8. The number of hydrogen-bond acceptors (Lipinski definition) is 0. The Morgan fingerprint density at radius 2 is 0.365 bits per heavy atom. The molecule has 0 saturated heterocycles. The quantitative estimate of drug-likeness (QED) is 0.0989. The van der Waals surface area contributed by atoms with Gasteiger partial charge in [0.2, 0.25) is 0 Å². The van der Waals surface area contributed by atoms with E-state index in [2.05, 4.69) is 243 Å². The van der Waals surface area contributed by atoms with Crippen molar-refractivity contribution in [3.8, 4) is 0 Å². The molecule has 8 aromatic carbocycles. The zero-order chi connectivity index (χ0) is 35.1. The summed E-state index contributed by atoms with van der Waals surface area (Å²) in [5.74, 6) is 0. The summed E-state index contributed by atoms with van der Waals surface area (Å²) < 4.78 is 0. The summed E-state index contributed by atoms with van der Waals surface area (Å²) in [6.45, 7) is 0. The van der Waals surface area contributed by atoms with Crippen molar-refractivity contribution in [1.29, 1.82) is 0 Å². The molecule has 8 aromatic rings. The predicted molar refractivity (Wildman–Crippen MR) is 234 cm³/mol. The molecule has 0 nitrogen and oxygen atoms in total. The fraction of sp³-hybridized carbons (Fsp3) is 0. The molecule has 0 aliphatic carbocycles. The average Bonchev–Trinajstić information content (AvgIpc) is 3.24. The maximum atomic E-state index is 2.36. The summed E-state index contributed by atoms with van der Waals surface area (Å²) in [6, 6.07) is 85.2. The van der Waals surface area contributed by atoms with Gasteiger partial charge in [0.25, 0.3) is 0 Å². The van der Waals surface area contributed by atoms with Crippen LogP contribution in [0.15, 0.2) is 231 Å². The monoisotopic (exact) mass is 704 g/mol. The minimum absolute atomic E-state index is 1.19. The van der Waals surface area contributed by atoms with Gasteiger partial charge in [-0.1, -0.05) is 0 Å². The van der Waals surface area contributed by atoms with Crippen LogP contribution < -0.4 is 42.4 Å². The van der Waals surface area contributed by atoms with Crippen LogP contribution in [0.5, 0.6) is 0 Å². The van der Waals surface area contributed by atoms with Gasteiger partial charge in [-0.3, -0.25) is 0 Å². The second-order valence-electron chi connectivity index (χ2n) is 13.3. The van der Waals surface area contributed by atoms with Gasteiger partial charge >= 0.3 is 311 Å². The molecule has 0 aliphatic heterocycles. The number of rotatable bonds is 10. The molecule has 8 rings (SSSR count). The SMILES string of the molecule is C(=C\c1ccc([PH](c2ccccc2)(c2ccccc2)c2ccccc2)cc1)/c1ccc([PH](c2ccccc2)(c2ccccc2)c2ccccc2)cc1. The van der Waals surface area contributed by atoms with Crippen molar-refractivity contribution >= 4 is 69.1 Å². The molecule has 0 aromatic heterocycles. The van der Waals surface area contributed by atoms with Gasteiger partial charge in [0.15, 0.2) is 0 Å². The normalized spacial score (nSPS) is 12.4. The van der Waals surface area contributed by atoms with E-state index in [0.29, 0.717) is 0 Å². The van der Waals surface area contributed by atoms with Gasteiger partial charge in [0.1, 0.15) is 0 Å². The Bertz CT molecular complexity index is 1970. The van der Waals surface area contributed by atoms with E-state index in [1.165, 1.54) is 53.6 Å². The summed E-state index contributed by atoms with van der Waals surface area (Å²) in [6.07, 6.45) is 4.48. The molecule has 0 amide bonds. The molecule has 52 heavy (non-hydrogen) atoms. The second-order valence-corrected chi connectivity index (χ2v) is 20.9. The van der Waals surface area contributed by atoms with E-state index >= 15 is 0 Å². The Hall–Kier alpha value is -5.64. The summed E-state index contributed by atoms with van der Waals surface area (Å²) in [4.78, 5) is 0. The molecule has 0 N–H and O–H groups in total. The van der Waals surface area contributed by atoms with E-state index in [9.17, 15) is 0 Å². The van der Waals surface area contributed by atoms with Crippen molar-refractivity contribution in [3.05, 3.63) is 242 Å². The van der Waals surface area contributed by atoms with Crippen molar-refractivity contribution in [2.24, 2.45) is 0 Å². The maximum absolute atomic E-state index is 2.54. The van der Waals surface area contributed by atoms with Gasteiger partial charge in [-0.25, -0.2) is 0 Å². The zero-order valence-corrected chi connectivity index (χ0v) is 31.1. The molecule has 0 atom stereocenters. The molecule has 252 valence electrons. The van der Waals surface area contributed by atoms with Crippen molar-refractivity contribution in [2.45, 2.75) is 0 Å². The van der Waals surface area contributed by atoms with Crippen LogP contribution >= 0.6 is 14.5 Å².